The van der Waals surface area contributed by atoms with Gasteiger partial charge in [-0.05, 0) is 19.4 Å². The van der Waals surface area contributed by atoms with E-state index in [9.17, 15) is 4.79 Å². The van der Waals surface area contributed by atoms with Gasteiger partial charge in [0, 0.05) is 6.54 Å². The maximum Gasteiger partial charge on any atom is 0.241 e. The molecule has 0 aromatic heterocycles. The molecule has 76 valence electrons. The molecule has 0 fully saturated rings. The molecular formula is C11H16N2O. The van der Waals surface area contributed by atoms with Crippen molar-refractivity contribution in [1.29, 1.82) is 0 Å². The second-order valence-electron chi connectivity index (χ2n) is 3.29. The van der Waals surface area contributed by atoms with Gasteiger partial charge in [-0.1, -0.05) is 29.8 Å². The monoisotopic (exact) mass is 192 g/mol. The molecular weight excluding hydrogens is 176 g/mol. The molecule has 3 heteroatoms. The molecule has 0 saturated carbocycles. The van der Waals surface area contributed by atoms with Crippen LogP contribution in [0.1, 0.15) is 24.1 Å². The third-order valence-corrected chi connectivity index (χ3v) is 2.03. The number of carbonyl (C=O) groups excluding carboxylic acids is 1. The second kappa shape index (κ2) is 4.77. The van der Waals surface area contributed by atoms with Gasteiger partial charge in [-0.15, -0.1) is 0 Å². The number of nitrogens with one attached hydrogen (secondary N) is 1. The molecule has 0 bridgehead atoms. The zero-order chi connectivity index (χ0) is 10.6. The van der Waals surface area contributed by atoms with E-state index < -0.39 is 6.04 Å². The van der Waals surface area contributed by atoms with Gasteiger partial charge in [0.15, 0.2) is 0 Å². The van der Waals surface area contributed by atoms with Gasteiger partial charge in [-0.2, -0.15) is 0 Å². The van der Waals surface area contributed by atoms with Gasteiger partial charge < -0.3 is 11.1 Å². The SMILES string of the molecule is CCNC(=O)C(N)c1cccc(C)c1. The van der Waals surface area contributed by atoms with E-state index in [4.69, 9.17) is 5.73 Å². The van der Waals surface area contributed by atoms with Gasteiger partial charge in [0.1, 0.15) is 6.04 Å². The molecule has 1 atom stereocenters. The highest BCUT2D eigenvalue weighted by Gasteiger charge is 2.14. The molecule has 0 aliphatic rings. The zero-order valence-electron chi connectivity index (χ0n) is 8.58. The number of aryl methyl sites for hydroxylation is 1. The number of hydrogen-bond acceptors (Lipinski definition) is 2. The zero-order valence-corrected chi connectivity index (χ0v) is 8.58. The first kappa shape index (κ1) is 10.7. The van der Waals surface area contributed by atoms with E-state index >= 15 is 0 Å². The van der Waals surface area contributed by atoms with Crippen molar-refractivity contribution in [3.8, 4) is 0 Å². The molecule has 14 heavy (non-hydrogen) atoms. The van der Waals surface area contributed by atoms with Crippen molar-refractivity contribution < 1.29 is 4.79 Å². The fourth-order valence-corrected chi connectivity index (χ4v) is 1.30. The summed E-state index contributed by atoms with van der Waals surface area (Å²) in [6.07, 6.45) is 0. The smallest absolute Gasteiger partial charge is 0.241 e. The molecule has 1 aromatic carbocycles. The van der Waals surface area contributed by atoms with E-state index in [-0.39, 0.29) is 5.91 Å². The Morgan fingerprint density at radius 2 is 2.29 bits per heavy atom. The topological polar surface area (TPSA) is 55.1 Å². The predicted molar refractivity (Wildman–Crippen MR) is 56.8 cm³/mol. The molecule has 1 amide bonds. The lowest BCUT2D eigenvalue weighted by Crippen LogP contribution is -2.33. The Bertz CT molecular complexity index is 323. The average molecular weight is 192 g/mol. The summed E-state index contributed by atoms with van der Waals surface area (Å²) >= 11 is 0. The van der Waals surface area contributed by atoms with Gasteiger partial charge in [-0.25, -0.2) is 0 Å². The molecule has 1 rings (SSSR count). The number of rotatable bonds is 3. The minimum atomic E-state index is -0.560. The van der Waals surface area contributed by atoms with Crippen LogP contribution in [0, 0.1) is 6.92 Å². The normalized spacial score (nSPS) is 12.2. The minimum absolute atomic E-state index is 0.127. The number of likely N-dealkylation sites (N-methyl/N-ethyl adjacent to an activating group) is 1. The highest BCUT2D eigenvalue weighted by atomic mass is 16.2. The van der Waals surface area contributed by atoms with Crippen LogP contribution in [0.3, 0.4) is 0 Å². The third kappa shape index (κ3) is 2.57. The van der Waals surface area contributed by atoms with Crippen LogP contribution < -0.4 is 11.1 Å². The van der Waals surface area contributed by atoms with Crippen LogP contribution >= 0.6 is 0 Å². The molecule has 0 radical (unpaired) electrons. The Kier molecular flexibility index (Phi) is 3.65. The van der Waals surface area contributed by atoms with Crippen molar-refractivity contribution in [2.45, 2.75) is 19.9 Å². The Hall–Kier alpha value is -1.35. The summed E-state index contributed by atoms with van der Waals surface area (Å²) < 4.78 is 0. The van der Waals surface area contributed by atoms with E-state index in [1.165, 1.54) is 0 Å². The highest BCUT2D eigenvalue weighted by Crippen LogP contribution is 2.11. The number of amides is 1. The number of benzene rings is 1. The van der Waals surface area contributed by atoms with E-state index in [2.05, 4.69) is 5.32 Å². The maximum absolute atomic E-state index is 11.4. The second-order valence-corrected chi connectivity index (χ2v) is 3.29. The Morgan fingerprint density at radius 3 is 2.86 bits per heavy atom. The van der Waals surface area contributed by atoms with E-state index in [0.29, 0.717) is 6.54 Å². The van der Waals surface area contributed by atoms with Crippen molar-refractivity contribution >= 4 is 5.91 Å². The van der Waals surface area contributed by atoms with Crippen LogP contribution in [0.2, 0.25) is 0 Å². The van der Waals surface area contributed by atoms with Gasteiger partial charge in [0.2, 0.25) is 5.91 Å². The summed E-state index contributed by atoms with van der Waals surface area (Å²) in [6, 6.07) is 7.12. The van der Waals surface area contributed by atoms with Gasteiger partial charge in [0.25, 0.3) is 0 Å². The molecule has 1 aromatic rings. The first-order chi connectivity index (χ1) is 6.65. The molecule has 0 heterocycles. The van der Waals surface area contributed by atoms with Gasteiger partial charge in [0.05, 0.1) is 0 Å². The first-order valence-corrected chi connectivity index (χ1v) is 4.75. The van der Waals surface area contributed by atoms with Crippen LogP contribution in [0.15, 0.2) is 24.3 Å². The van der Waals surface area contributed by atoms with Crippen LogP contribution in [0.4, 0.5) is 0 Å². The lowest BCUT2D eigenvalue weighted by molar-refractivity contribution is -0.122. The predicted octanol–water partition coefficient (Wildman–Crippen LogP) is 1.13. The van der Waals surface area contributed by atoms with E-state index in [0.717, 1.165) is 11.1 Å². The highest BCUT2D eigenvalue weighted by molar-refractivity contribution is 5.82. The summed E-state index contributed by atoms with van der Waals surface area (Å²) in [5.74, 6) is -0.127. The van der Waals surface area contributed by atoms with E-state index in [1.54, 1.807) is 0 Å². The lowest BCUT2D eigenvalue weighted by Gasteiger charge is -2.11. The summed E-state index contributed by atoms with van der Waals surface area (Å²) in [5.41, 5.74) is 7.75. The molecule has 0 aliphatic heterocycles. The number of carbonyl (C=O) groups is 1. The summed E-state index contributed by atoms with van der Waals surface area (Å²) in [7, 11) is 0. The molecule has 0 aliphatic carbocycles. The van der Waals surface area contributed by atoms with Gasteiger partial charge >= 0.3 is 0 Å². The molecule has 0 saturated heterocycles. The summed E-state index contributed by atoms with van der Waals surface area (Å²) in [4.78, 5) is 11.4. The van der Waals surface area contributed by atoms with Crippen molar-refractivity contribution in [2.75, 3.05) is 6.54 Å². The van der Waals surface area contributed by atoms with Crippen molar-refractivity contribution in [1.82, 2.24) is 5.32 Å². The molecule has 3 nitrogen and oxygen atoms in total. The average Bonchev–Trinajstić information content (AvgIpc) is 2.17. The maximum atomic E-state index is 11.4. The van der Waals surface area contributed by atoms with Crippen LogP contribution in [0.5, 0.6) is 0 Å². The van der Waals surface area contributed by atoms with Crippen molar-refractivity contribution in [3.05, 3.63) is 35.4 Å². The third-order valence-electron chi connectivity index (χ3n) is 2.03. The van der Waals surface area contributed by atoms with Crippen LogP contribution in [-0.2, 0) is 4.79 Å². The standard InChI is InChI=1S/C11H16N2O/c1-3-13-11(14)10(12)9-6-4-5-8(2)7-9/h4-7,10H,3,12H2,1-2H3,(H,13,14). The molecule has 0 spiro atoms. The Labute approximate surface area is 84.3 Å². The fraction of sp³-hybridized carbons (Fsp3) is 0.364. The first-order valence-electron chi connectivity index (χ1n) is 4.75. The fourth-order valence-electron chi connectivity index (χ4n) is 1.30. The quantitative estimate of drug-likeness (QED) is 0.754. The van der Waals surface area contributed by atoms with E-state index in [1.807, 2.05) is 38.1 Å². The lowest BCUT2D eigenvalue weighted by atomic mass is 10.0. The van der Waals surface area contributed by atoms with Gasteiger partial charge in [-0.3, -0.25) is 4.79 Å². The Balaban J connectivity index is 2.78. The number of nitrogens with two attached hydrogens (primary N) is 1. The van der Waals surface area contributed by atoms with Crippen LogP contribution in [-0.4, -0.2) is 12.5 Å². The summed E-state index contributed by atoms with van der Waals surface area (Å²) in [5, 5.41) is 2.70. The number of hydrogen-bond donors (Lipinski definition) is 2. The van der Waals surface area contributed by atoms with Crippen molar-refractivity contribution in [2.24, 2.45) is 5.73 Å². The van der Waals surface area contributed by atoms with Crippen molar-refractivity contribution in [3.63, 3.8) is 0 Å². The van der Waals surface area contributed by atoms with Crippen LogP contribution in [0.25, 0.3) is 0 Å². The molecule has 1 unspecified atom stereocenters. The largest absolute Gasteiger partial charge is 0.355 e. The minimum Gasteiger partial charge on any atom is -0.355 e. The Morgan fingerprint density at radius 1 is 1.57 bits per heavy atom. The molecule has 3 N–H and O–H groups in total. The summed E-state index contributed by atoms with van der Waals surface area (Å²) in [6.45, 7) is 4.47.